The van der Waals surface area contributed by atoms with E-state index in [1.165, 1.54) is 25.7 Å². The van der Waals surface area contributed by atoms with E-state index in [1.54, 1.807) is 0 Å². The zero-order chi connectivity index (χ0) is 13.8. The molecule has 0 radical (unpaired) electrons. The van der Waals surface area contributed by atoms with Gasteiger partial charge in [0, 0.05) is 18.6 Å². The highest BCUT2D eigenvalue weighted by Crippen LogP contribution is 2.35. The van der Waals surface area contributed by atoms with Crippen LogP contribution in [-0.2, 0) is 10.0 Å². The quantitative estimate of drug-likeness (QED) is 0.688. The van der Waals surface area contributed by atoms with Crippen molar-refractivity contribution in [2.24, 2.45) is 11.1 Å². The highest BCUT2D eigenvalue weighted by atomic mass is 32.2. The van der Waals surface area contributed by atoms with Gasteiger partial charge in [-0.3, -0.25) is 0 Å². The lowest BCUT2D eigenvalue weighted by atomic mass is 9.75. The number of primary sulfonamides is 1. The molecule has 0 amide bonds. The van der Waals surface area contributed by atoms with Gasteiger partial charge in [0.15, 0.2) is 0 Å². The molecule has 0 bridgehead atoms. The third kappa shape index (κ3) is 4.84. The minimum Gasteiger partial charge on any atom is -0.314 e. The van der Waals surface area contributed by atoms with Crippen LogP contribution in [-0.4, -0.2) is 51.8 Å². The molecule has 1 aliphatic carbocycles. The van der Waals surface area contributed by atoms with Crippen LogP contribution in [0.3, 0.4) is 0 Å². The molecule has 5 nitrogen and oxygen atoms in total. The Morgan fingerprint density at radius 1 is 1.44 bits per heavy atom. The molecule has 0 saturated heterocycles. The van der Waals surface area contributed by atoms with E-state index < -0.39 is 10.0 Å². The van der Waals surface area contributed by atoms with Crippen molar-refractivity contribution in [1.29, 1.82) is 0 Å². The molecule has 0 aromatic carbocycles. The van der Waals surface area contributed by atoms with Gasteiger partial charge < -0.3 is 10.2 Å². The van der Waals surface area contributed by atoms with E-state index in [1.807, 2.05) is 0 Å². The largest absolute Gasteiger partial charge is 0.314 e. The second kappa shape index (κ2) is 6.32. The molecular formula is C12H27N3O2S. The van der Waals surface area contributed by atoms with Gasteiger partial charge in [0.1, 0.15) is 0 Å². The molecule has 0 spiro atoms. The lowest BCUT2D eigenvalue weighted by Crippen LogP contribution is -2.54. The van der Waals surface area contributed by atoms with Crippen LogP contribution in [0.25, 0.3) is 0 Å². The van der Waals surface area contributed by atoms with Crippen LogP contribution in [0.15, 0.2) is 0 Å². The first-order chi connectivity index (χ1) is 8.25. The maximum Gasteiger partial charge on any atom is 0.210 e. The monoisotopic (exact) mass is 277 g/mol. The van der Waals surface area contributed by atoms with Crippen LogP contribution in [0.4, 0.5) is 0 Å². The van der Waals surface area contributed by atoms with Crippen molar-refractivity contribution in [3.8, 4) is 0 Å². The Hall–Kier alpha value is -0.170. The van der Waals surface area contributed by atoms with Crippen LogP contribution in [0.2, 0.25) is 0 Å². The molecule has 1 rings (SSSR count). The molecular weight excluding hydrogens is 250 g/mol. The number of sulfonamides is 1. The predicted octanol–water partition coefficient (Wildman–Crippen LogP) is 0.375. The number of hydrogen-bond acceptors (Lipinski definition) is 4. The van der Waals surface area contributed by atoms with E-state index in [4.69, 9.17) is 5.14 Å². The summed E-state index contributed by atoms with van der Waals surface area (Å²) in [6.45, 7) is 3.56. The zero-order valence-electron chi connectivity index (χ0n) is 11.8. The Labute approximate surface area is 111 Å². The third-order valence-electron chi connectivity index (χ3n) is 4.03. The van der Waals surface area contributed by atoms with E-state index in [9.17, 15) is 8.42 Å². The highest BCUT2D eigenvalue weighted by Gasteiger charge is 2.36. The van der Waals surface area contributed by atoms with Crippen molar-refractivity contribution in [2.45, 2.75) is 38.1 Å². The molecule has 1 saturated carbocycles. The molecule has 6 heteroatoms. The Morgan fingerprint density at radius 2 is 2.11 bits per heavy atom. The van der Waals surface area contributed by atoms with Crippen molar-refractivity contribution in [1.82, 2.24) is 10.2 Å². The summed E-state index contributed by atoms with van der Waals surface area (Å²) in [4.78, 5) is 2.28. The number of rotatable bonds is 6. The average molecular weight is 277 g/mol. The Morgan fingerprint density at radius 3 is 2.61 bits per heavy atom. The number of nitrogens with one attached hydrogen (secondary N) is 1. The maximum atomic E-state index is 10.9. The average Bonchev–Trinajstić information content (AvgIpc) is 2.23. The van der Waals surface area contributed by atoms with Crippen LogP contribution in [0.5, 0.6) is 0 Å². The first-order valence-corrected chi connectivity index (χ1v) is 8.35. The van der Waals surface area contributed by atoms with E-state index in [2.05, 4.69) is 31.2 Å². The zero-order valence-corrected chi connectivity index (χ0v) is 12.6. The standard InChI is InChI=1S/C12H27N3O2S/c1-11-5-4-6-12(9-11,15(2)3)10-14-7-8-18(13,16)17/h11,14H,4-10H2,1-3H3,(H2,13,16,17). The molecule has 0 heterocycles. The lowest BCUT2D eigenvalue weighted by molar-refractivity contribution is 0.0759. The van der Waals surface area contributed by atoms with Gasteiger partial charge in [-0.05, 0) is 32.9 Å². The van der Waals surface area contributed by atoms with Crippen molar-refractivity contribution >= 4 is 10.0 Å². The second-order valence-electron chi connectivity index (χ2n) is 5.86. The van der Waals surface area contributed by atoms with Gasteiger partial charge in [-0.1, -0.05) is 19.8 Å². The molecule has 108 valence electrons. The van der Waals surface area contributed by atoms with E-state index in [0.717, 1.165) is 12.5 Å². The number of nitrogens with two attached hydrogens (primary N) is 1. The predicted molar refractivity (Wildman–Crippen MR) is 74.9 cm³/mol. The Bertz CT molecular complexity index is 356. The molecule has 1 fully saturated rings. The van der Waals surface area contributed by atoms with Crippen LogP contribution < -0.4 is 10.5 Å². The molecule has 0 aliphatic heterocycles. The van der Waals surface area contributed by atoms with Gasteiger partial charge in [-0.25, -0.2) is 13.6 Å². The first kappa shape index (κ1) is 15.9. The normalized spacial score (nSPS) is 29.7. The van der Waals surface area contributed by atoms with Crippen molar-refractivity contribution in [3.63, 3.8) is 0 Å². The maximum absolute atomic E-state index is 10.9. The summed E-state index contributed by atoms with van der Waals surface area (Å²) < 4.78 is 21.8. The van der Waals surface area contributed by atoms with E-state index in [-0.39, 0.29) is 11.3 Å². The van der Waals surface area contributed by atoms with E-state index >= 15 is 0 Å². The number of nitrogens with zero attached hydrogens (tertiary/aromatic N) is 1. The van der Waals surface area contributed by atoms with Crippen molar-refractivity contribution in [2.75, 3.05) is 32.9 Å². The Balaban J connectivity index is 2.48. The third-order valence-corrected chi connectivity index (χ3v) is 4.81. The van der Waals surface area contributed by atoms with Crippen LogP contribution >= 0.6 is 0 Å². The van der Waals surface area contributed by atoms with Gasteiger partial charge in [0.2, 0.25) is 10.0 Å². The smallest absolute Gasteiger partial charge is 0.210 e. The van der Waals surface area contributed by atoms with Crippen molar-refractivity contribution < 1.29 is 8.42 Å². The summed E-state index contributed by atoms with van der Waals surface area (Å²) in [7, 11) is 0.867. The summed E-state index contributed by atoms with van der Waals surface area (Å²) in [5.74, 6) is 0.743. The van der Waals surface area contributed by atoms with E-state index in [0.29, 0.717) is 6.54 Å². The minimum absolute atomic E-state index is 0.00601. The summed E-state index contributed by atoms with van der Waals surface area (Å²) >= 11 is 0. The van der Waals surface area contributed by atoms with Gasteiger partial charge >= 0.3 is 0 Å². The SMILES string of the molecule is CC1CCCC(CNCCS(N)(=O)=O)(N(C)C)C1. The highest BCUT2D eigenvalue weighted by molar-refractivity contribution is 7.89. The second-order valence-corrected chi connectivity index (χ2v) is 7.60. The number of hydrogen-bond donors (Lipinski definition) is 2. The summed E-state index contributed by atoms with van der Waals surface area (Å²) in [6, 6.07) is 0. The molecule has 2 unspecified atom stereocenters. The fourth-order valence-corrected chi connectivity index (χ4v) is 3.32. The lowest BCUT2D eigenvalue weighted by Gasteiger charge is -2.45. The Kier molecular flexibility index (Phi) is 5.58. The molecule has 1 aliphatic rings. The van der Waals surface area contributed by atoms with Gasteiger partial charge in [0.25, 0.3) is 0 Å². The van der Waals surface area contributed by atoms with Gasteiger partial charge in [-0.15, -0.1) is 0 Å². The van der Waals surface area contributed by atoms with Gasteiger partial charge in [0.05, 0.1) is 5.75 Å². The topological polar surface area (TPSA) is 75.4 Å². The molecule has 0 aromatic rings. The van der Waals surface area contributed by atoms with Crippen LogP contribution in [0, 0.1) is 5.92 Å². The van der Waals surface area contributed by atoms with Crippen molar-refractivity contribution in [3.05, 3.63) is 0 Å². The van der Waals surface area contributed by atoms with Gasteiger partial charge in [-0.2, -0.15) is 0 Å². The number of likely N-dealkylation sites (N-methyl/N-ethyl adjacent to an activating group) is 1. The molecule has 0 aromatic heterocycles. The summed E-state index contributed by atoms with van der Waals surface area (Å²) in [5.41, 5.74) is 0.163. The fraction of sp³-hybridized carbons (Fsp3) is 1.00. The molecule has 2 atom stereocenters. The first-order valence-electron chi connectivity index (χ1n) is 6.64. The molecule has 18 heavy (non-hydrogen) atoms. The fourth-order valence-electron chi connectivity index (χ4n) is 2.89. The van der Waals surface area contributed by atoms with Crippen LogP contribution in [0.1, 0.15) is 32.6 Å². The molecule has 3 N–H and O–H groups in total. The summed E-state index contributed by atoms with van der Waals surface area (Å²) in [5, 5.41) is 8.24. The minimum atomic E-state index is -3.35. The summed E-state index contributed by atoms with van der Waals surface area (Å²) in [6.07, 6.45) is 4.89.